The summed E-state index contributed by atoms with van der Waals surface area (Å²) in [5.74, 6) is 0.754. The Morgan fingerprint density at radius 3 is 2.56 bits per heavy atom. The van der Waals surface area contributed by atoms with Crippen molar-refractivity contribution in [2.75, 3.05) is 6.54 Å². The van der Waals surface area contributed by atoms with Crippen LogP contribution < -0.4 is 10.6 Å². The van der Waals surface area contributed by atoms with Gasteiger partial charge in [0.05, 0.1) is 0 Å². The zero-order valence-corrected chi connectivity index (χ0v) is 13.2. The molecule has 108 valence electrons. The quantitative estimate of drug-likeness (QED) is 0.829. The highest BCUT2D eigenvalue weighted by Crippen LogP contribution is 2.26. The lowest BCUT2D eigenvalue weighted by molar-refractivity contribution is -0.131. The van der Waals surface area contributed by atoms with Gasteiger partial charge in [0.15, 0.2) is 0 Å². The van der Waals surface area contributed by atoms with E-state index in [9.17, 15) is 4.79 Å². The number of nitrogens with one attached hydrogen (secondary N) is 2. The minimum absolute atomic E-state index is 0. The molecule has 1 aliphatic heterocycles. The van der Waals surface area contributed by atoms with Crippen LogP contribution in [0.25, 0.3) is 0 Å². The zero-order valence-electron chi connectivity index (χ0n) is 12.4. The number of rotatable bonds is 4. The normalized spacial score (nSPS) is 24.6. The molecule has 18 heavy (non-hydrogen) atoms. The number of hydrogen-bond acceptors (Lipinski definition) is 2. The largest absolute Gasteiger partial charge is 0.351 e. The first-order chi connectivity index (χ1) is 7.83. The van der Waals surface area contributed by atoms with Gasteiger partial charge in [-0.25, -0.2) is 0 Å². The second-order valence-electron chi connectivity index (χ2n) is 6.45. The number of hydrogen-bond donors (Lipinski definition) is 2. The molecule has 0 aromatic rings. The Kier molecular flexibility index (Phi) is 7.23. The molecule has 0 bridgehead atoms. The van der Waals surface area contributed by atoms with Gasteiger partial charge in [-0.3, -0.25) is 4.79 Å². The van der Waals surface area contributed by atoms with Gasteiger partial charge in [0.25, 0.3) is 0 Å². The molecule has 1 amide bonds. The first-order valence-corrected chi connectivity index (χ1v) is 6.87. The Labute approximate surface area is 118 Å². The second kappa shape index (κ2) is 7.34. The smallest absolute Gasteiger partial charge is 0.225 e. The van der Waals surface area contributed by atoms with Crippen molar-refractivity contribution in [3.8, 4) is 0 Å². The van der Waals surface area contributed by atoms with Crippen molar-refractivity contribution in [3.63, 3.8) is 0 Å². The zero-order chi connectivity index (χ0) is 13.1. The lowest BCUT2D eigenvalue weighted by Gasteiger charge is -2.34. The van der Waals surface area contributed by atoms with Crippen LogP contribution in [0.5, 0.6) is 0 Å². The summed E-state index contributed by atoms with van der Waals surface area (Å²) in [6, 6.07) is 0.685. The van der Waals surface area contributed by atoms with Crippen LogP contribution in [-0.4, -0.2) is 24.5 Å². The minimum atomic E-state index is -0.259. The van der Waals surface area contributed by atoms with E-state index in [2.05, 4.69) is 31.4 Å². The van der Waals surface area contributed by atoms with Crippen molar-refractivity contribution in [1.29, 1.82) is 0 Å². The Morgan fingerprint density at radius 1 is 1.44 bits per heavy atom. The van der Waals surface area contributed by atoms with Crippen LogP contribution in [0, 0.1) is 11.3 Å². The highest BCUT2D eigenvalue weighted by molar-refractivity contribution is 5.85. The van der Waals surface area contributed by atoms with E-state index in [1.165, 1.54) is 0 Å². The van der Waals surface area contributed by atoms with E-state index in [-0.39, 0.29) is 23.7 Å². The molecule has 3 nitrogen and oxygen atoms in total. The van der Waals surface area contributed by atoms with Gasteiger partial charge in [0.1, 0.15) is 0 Å². The van der Waals surface area contributed by atoms with Gasteiger partial charge in [-0.05, 0) is 38.6 Å². The van der Waals surface area contributed by atoms with Gasteiger partial charge in [0.2, 0.25) is 5.91 Å². The molecule has 0 aliphatic carbocycles. The molecule has 0 aromatic carbocycles. The highest BCUT2D eigenvalue weighted by atomic mass is 35.5. The van der Waals surface area contributed by atoms with E-state index < -0.39 is 0 Å². The lowest BCUT2D eigenvalue weighted by Crippen LogP contribution is -2.54. The molecule has 0 radical (unpaired) electrons. The van der Waals surface area contributed by atoms with E-state index in [1.807, 2.05) is 13.8 Å². The molecule has 0 spiro atoms. The summed E-state index contributed by atoms with van der Waals surface area (Å²) in [6.07, 6.45) is 3.19. The maximum Gasteiger partial charge on any atom is 0.225 e. The summed E-state index contributed by atoms with van der Waals surface area (Å²) in [5.41, 5.74) is -0.259. The van der Waals surface area contributed by atoms with E-state index in [1.54, 1.807) is 0 Å². The topological polar surface area (TPSA) is 41.1 Å². The van der Waals surface area contributed by atoms with Crippen LogP contribution in [0.3, 0.4) is 0 Å². The Hall–Kier alpha value is -0.280. The molecule has 0 saturated carbocycles. The van der Waals surface area contributed by atoms with E-state index in [0.29, 0.717) is 18.0 Å². The molecule has 0 aromatic heterocycles. The highest BCUT2D eigenvalue weighted by Gasteiger charge is 2.31. The van der Waals surface area contributed by atoms with Gasteiger partial charge in [0, 0.05) is 17.5 Å². The summed E-state index contributed by atoms with van der Waals surface area (Å²) < 4.78 is 0. The van der Waals surface area contributed by atoms with Gasteiger partial charge >= 0.3 is 0 Å². The van der Waals surface area contributed by atoms with E-state index >= 15 is 0 Å². The number of halogens is 1. The third kappa shape index (κ3) is 5.15. The van der Waals surface area contributed by atoms with Gasteiger partial charge < -0.3 is 10.6 Å². The van der Waals surface area contributed by atoms with Crippen molar-refractivity contribution in [2.24, 2.45) is 11.3 Å². The fourth-order valence-electron chi connectivity index (χ4n) is 2.72. The summed E-state index contributed by atoms with van der Waals surface area (Å²) in [4.78, 5) is 12.3. The third-order valence-corrected chi connectivity index (χ3v) is 3.61. The number of carbonyl (C=O) groups is 1. The maximum atomic E-state index is 12.3. The Morgan fingerprint density at radius 2 is 2.06 bits per heavy atom. The average Bonchev–Trinajstić information content (AvgIpc) is 2.19. The summed E-state index contributed by atoms with van der Waals surface area (Å²) in [5, 5.41) is 6.63. The molecule has 2 N–H and O–H groups in total. The standard InChI is InChI=1S/C14H28N2O.ClH/c1-10(2)9-14(4,5)13(17)16-12-7-6-8-15-11(12)3;/h10-12,15H,6-9H2,1-5H3,(H,16,17);1H. The SMILES string of the molecule is CC(C)CC(C)(C)C(=O)NC1CCCNC1C.Cl. The third-order valence-electron chi connectivity index (χ3n) is 3.61. The summed E-state index contributed by atoms with van der Waals surface area (Å²) >= 11 is 0. The Bertz CT molecular complexity index is 267. The van der Waals surface area contributed by atoms with E-state index in [4.69, 9.17) is 0 Å². The molecule has 4 heteroatoms. The van der Waals surface area contributed by atoms with Gasteiger partial charge in [-0.15, -0.1) is 12.4 Å². The van der Waals surface area contributed by atoms with Crippen molar-refractivity contribution in [2.45, 2.75) is 66.0 Å². The van der Waals surface area contributed by atoms with Crippen molar-refractivity contribution >= 4 is 18.3 Å². The average molecular weight is 277 g/mol. The molecule has 1 saturated heterocycles. The molecule has 1 rings (SSSR count). The van der Waals surface area contributed by atoms with Gasteiger partial charge in [-0.2, -0.15) is 0 Å². The number of carbonyl (C=O) groups excluding carboxylic acids is 1. The molecule has 1 heterocycles. The lowest BCUT2D eigenvalue weighted by atomic mass is 9.82. The van der Waals surface area contributed by atoms with E-state index in [0.717, 1.165) is 25.8 Å². The van der Waals surface area contributed by atoms with Crippen LogP contribution in [0.15, 0.2) is 0 Å². The molecule has 2 unspecified atom stereocenters. The van der Waals surface area contributed by atoms with Gasteiger partial charge in [-0.1, -0.05) is 27.7 Å². The predicted molar refractivity (Wildman–Crippen MR) is 79.1 cm³/mol. The first kappa shape index (κ1) is 17.7. The van der Waals surface area contributed by atoms with Crippen molar-refractivity contribution < 1.29 is 4.79 Å². The molecular formula is C14H29ClN2O. The minimum Gasteiger partial charge on any atom is -0.351 e. The molecular weight excluding hydrogens is 248 g/mol. The van der Waals surface area contributed by atoms with Crippen LogP contribution >= 0.6 is 12.4 Å². The van der Waals surface area contributed by atoms with Crippen molar-refractivity contribution in [1.82, 2.24) is 10.6 Å². The molecule has 1 aliphatic rings. The van der Waals surface area contributed by atoms with Crippen molar-refractivity contribution in [3.05, 3.63) is 0 Å². The molecule has 2 atom stereocenters. The van der Waals surface area contributed by atoms with Crippen LogP contribution in [0.1, 0.15) is 53.9 Å². The fraction of sp³-hybridized carbons (Fsp3) is 0.929. The monoisotopic (exact) mass is 276 g/mol. The number of piperidine rings is 1. The fourth-order valence-corrected chi connectivity index (χ4v) is 2.72. The maximum absolute atomic E-state index is 12.3. The Balaban J connectivity index is 0.00000289. The summed E-state index contributed by atoms with van der Waals surface area (Å²) in [6.45, 7) is 11.6. The predicted octanol–water partition coefficient (Wildman–Crippen LogP) is 2.74. The molecule has 1 fully saturated rings. The van der Waals surface area contributed by atoms with Crippen LogP contribution in [0.4, 0.5) is 0 Å². The van der Waals surface area contributed by atoms with Crippen LogP contribution in [-0.2, 0) is 4.79 Å². The first-order valence-electron chi connectivity index (χ1n) is 6.87. The van der Waals surface area contributed by atoms with Crippen LogP contribution in [0.2, 0.25) is 0 Å². The summed E-state index contributed by atoms with van der Waals surface area (Å²) in [7, 11) is 0. The number of amides is 1. The second-order valence-corrected chi connectivity index (χ2v) is 6.45.